The van der Waals surface area contributed by atoms with Gasteiger partial charge in [-0.1, -0.05) is 49.1 Å². The van der Waals surface area contributed by atoms with Gasteiger partial charge in [-0.2, -0.15) is 5.26 Å². The minimum Gasteiger partial charge on any atom is -0.449 e. The Morgan fingerprint density at radius 1 is 1.24 bits per heavy atom. The molecule has 1 rings (SSSR count). The van der Waals surface area contributed by atoms with E-state index in [1.165, 1.54) is 0 Å². The molecule has 0 heterocycles. The van der Waals surface area contributed by atoms with Crippen molar-refractivity contribution in [3.8, 4) is 6.07 Å². The molecule has 0 fully saturated rings. The van der Waals surface area contributed by atoms with E-state index in [1.807, 2.05) is 6.92 Å². The summed E-state index contributed by atoms with van der Waals surface area (Å²) in [5.74, 6) is -0.720. The van der Waals surface area contributed by atoms with Gasteiger partial charge in [0.2, 0.25) is 0 Å². The van der Waals surface area contributed by atoms with Crippen molar-refractivity contribution in [2.45, 2.75) is 58.3 Å². The second kappa shape index (κ2) is 14.2. The molecule has 0 radical (unpaired) electrons. The molecule has 0 spiro atoms. The molecule has 2 amide bonds. The van der Waals surface area contributed by atoms with Gasteiger partial charge >= 0.3 is 18.2 Å². The van der Waals surface area contributed by atoms with E-state index in [9.17, 15) is 14.4 Å². The highest BCUT2D eigenvalue weighted by Crippen LogP contribution is 2.19. The Labute approximate surface area is 191 Å². The van der Waals surface area contributed by atoms with E-state index >= 15 is 0 Å². The van der Waals surface area contributed by atoms with Crippen LogP contribution in [0.15, 0.2) is 29.4 Å². The third-order valence-electron chi connectivity index (χ3n) is 4.23. The van der Waals surface area contributed by atoms with Crippen molar-refractivity contribution in [2.24, 2.45) is 5.11 Å². The van der Waals surface area contributed by atoms with Gasteiger partial charge in [-0.3, -0.25) is 0 Å². The molecule has 1 aromatic rings. The number of hydrogen-bond donors (Lipinski definition) is 2. The zero-order valence-corrected chi connectivity index (χ0v) is 18.9. The molecule has 0 aliphatic rings. The number of ether oxygens (including phenoxy) is 3. The molecule has 1 atom stereocenters. The fraction of sp³-hybridized carbons (Fsp3) is 0.524. The van der Waals surface area contributed by atoms with E-state index in [4.69, 9.17) is 25.0 Å². The number of azide groups is 1. The van der Waals surface area contributed by atoms with Crippen molar-refractivity contribution in [1.82, 2.24) is 10.6 Å². The largest absolute Gasteiger partial charge is 0.449 e. The number of hydrogen-bond acceptors (Lipinski definition) is 8. The molecule has 178 valence electrons. The number of benzene rings is 1. The molecule has 0 saturated heterocycles. The highest BCUT2D eigenvalue weighted by atomic mass is 16.6. The van der Waals surface area contributed by atoms with Gasteiger partial charge in [0, 0.05) is 10.6 Å². The summed E-state index contributed by atoms with van der Waals surface area (Å²) in [4.78, 5) is 39.1. The van der Waals surface area contributed by atoms with Crippen LogP contribution in [0.2, 0.25) is 0 Å². The Hall–Kier alpha value is -3.97. The Balaban J connectivity index is 2.55. The molecule has 12 heteroatoms. The van der Waals surface area contributed by atoms with Crippen LogP contribution in [0.4, 0.5) is 15.3 Å². The van der Waals surface area contributed by atoms with E-state index in [1.54, 1.807) is 44.2 Å². The van der Waals surface area contributed by atoms with Crippen molar-refractivity contribution < 1.29 is 28.6 Å². The van der Waals surface area contributed by atoms with Crippen molar-refractivity contribution in [1.29, 1.82) is 5.26 Å². The first-order valence-electron chi connectivity index (χ1n) is 10.3. The number of esters is 1. The maximum absolute atomic E-state index is 12.3. The van der Waals surface area contributed by atoms with Gasteiger partial charge in [0.05, 0.1) is 6.54 Å². The fourth-order valence-corrected chi connectivity index (χ4v) is 2.58. The van der Waals surface area contributed by atoms with Gasteiger partial charge < -0.3 is 24.8 Å². The van der Waals surface area contributed by atoms with Gasteiger partial charge in [-0.15, -0.1) is 0 Å². The van der Waals surface area contributed by atoms with Crippen LogP contribution in [-0.4, -0.2) is 43.0 Å². The van der Waals surface area contributed by atoms with Gasteiger partial charge in [-0.25, -0.2) is 14.4 Å². The molecule has 0 aromatic heterocycles. The van der Waals surface area contributed by atoms with Crippen LogP contribution < -0.4 is 10.6 Å². The quantitative estimate of drug-likeness (QED) is 0.156. The van der Waals surface area contributed by atoms with Crippen LogP contribution in [0.3, 0.4) is 0 Å². The molecule has 0 aliphatic heterocycles. The van der Waals surface area contributed by atoms with Crippen molar-refractivity contribution in [2.75, 3.05) is 13.2 Å². The first-order chi connectivity index (χ1) is 15.7. The number of alkyl carbamates (subject to hydrolysis) is 2. The first kappa shape index (κ1) is 27.1. The number of nitriles is 1. The molecule has 0 aliphatic carbocycles. The molecule has 33 heavy (non-hydrogen) atoms. The lowest BCUT2D eigenvalue weighted by Gasteiger charge is -2.26. The molecule has 1 aromatic carbocycles. The zero-order valence-electron chi connectivity index (χ0n) is 18.9. The lowest BCUT2D eigenvalue weighted by molar-refractivity contribution is -0.145. The van der Waals surface area contributed by atoms with E-state index in [0.29, 0.717) is 24.1 Å². The van der Waals surface area contributed by atoms with Crippen molar-refractivity contribution in [3.05, 3.63) is 40.3 Å². The third-order valence-corrected chi connectivity index (χ3v) is 4.23. The van der Waals surface area contributed by atoms with Crippen LogP contribution in [-0.2, 0) is 25.6 Å². The van der Waals surface area contributed by atoms with Gasteiger partial charge in [-0.05, 0) is 31.4 Å². The smallest absolute Gasteiger partial charge is 0.408 e. The molecule has 2 N–H and O–H groups in total. The van der Waals surface area contributed by atoms with Crippen LogP contribution in [0.1, 0.15) is 45.6 Å². The summed E-state index contributed by atoms with van der Waals surface area (Å²) < 4.78 is 15.2. The maximum Gasteiger partial charge on any atom is 0.408 e. The predicted molar refractivity (Wildman–Crippen MR) is 117 cm³/mol. The molecule has 0 unspecified atom stereocenters. The summed E-state index contributed by atoms with van der Waals surface area (Å²) in [7, 11) is 0. The molecular formula is C21H28N6O6. The monoisotopic (exact) mass is 460 g/mol. The van der Waals surface area contributed by atoms with Crippen LogP contribution in [0.25, 0.3) is 10.4 Å². The van der Waals surface area contributed by atoms with Crippen molar-refractivity contribution >= 4 is 23.8 Å². The summed E-state index contributed by atoms with van der Waals surface area (Å²) in [6.07, 6.45) is 0.158. The lowest BCUT2D eigenvalue weighted by Crippen LogP contribution is -2.48. The molecule has 0 saturated carbocycles. The number of rotatable bonds is 12. The number of nitrogens with zero attached hydrogens (tertiary/aromatic N) is 4. The molecule has 12 nitrogen and oxygen atoms in total. The number of carbonyl (C=O) groups is 3. The minimum atomic E-state index is -1.13. The van der Waals surface area contributed by atoms with Crippen molar-refractivity contribution in [3.63, 3.8) is 0 Å². The Kier molecular flexibility index (Phi) is 11.6. The second-order valence-corrected chi connectivity index (χ2v) is 7.50. The van der Waals surface area contributed by atoms with Gasteiger partial charge in [0.15, 0.2) is 6.61 Å². The summed E-state index contributed by atoms with van der Waals surface area (Å²) in [6.45, 7) is 4.46. The highest BCUT2D eigenvalue weighted by molar-refractivity contribution is 5.81. The zero-order chi connectivity index (χ0) is 24.7. The van der Waals surface area contributed by atoms with Gasteiger partial charge in [0.25, 0.3) is 0 Å². The molecule has 0 bridgehead atoms. The Morgan fingerprint density at radius 3 is 2.64 bits per heavy atom. The number of nitrogens with one attached hydrogen (secondary N) is 2. The van der Waals surface area contributed by atoms with E-state index in [-0.39, 0.29) is 13.2 Å². The summed E-state index contributed by atoms with van der Waals surface area (Å²) in [5.41, 5.74) is 8.33. The normalized spacial score (nSPS) is 11.2. The fourth-order valence-electron chi connectivity index (χ4n) is 2.58. The van der Waals surface area contributed by atoms with Crippen LogP contribution in [0, 0.1) is 11.3 Å². The summed E-state index contributed by atoms with van der Waals surface area (Å²) in [5, 5.41) is 17.0. The second-order valence-electron chi connectivity index (χ2n) is 7.50. The third kappa shape index (κ3) is 10.8. The van der Waals surface area contributed by atoms with Gasteiger partial charge in [0.1, 0.15) is 24.3 Å². The SMILES string of the molecule is CCCC[C@H](NC(=O)OC(C)(C)CNC(=O)OCc1ccccc1N=[N+]=[N-])C(=O)OCC#N. The topological polar surface area (TPSA) is 176 Å². The average Bonchev–Trinajstić information content (AvgIpc) is 2.78. The standard InChI is InChI=1S/C21H28N6O6/c1-4-5-9-17(18(28)31-12-11-22)25-20(30)33-21(2,3)14-24-19(29)32-13-15-8-6-7-10-16(15)26-27-23/h6-8,10,17H,4-5,9,12-14H2,1-3H3,(H,24,29)(H,25,30)/t17-/m0/s1. The number of carbonyl (C=O) groups excluding carboxylic acids is 3. The highest BCUT2D eigenvalue weighted by Gasteiger charge is 2.28. The maximum atomic E-state index is 12.3. The van der Waals surface area contributed by atoms with Crippen LogP contribution >= 0.6 is 0 Å². The lowest BCUT2D eigenvalue weighted by atomic mass is 10.1. The Morgan fingerprint density at radius 2 is 1.97 bits per heavy atom. The van der Waals surface area contributed by atoms with E-state index in [2.05, 4.69) is 20.7 Å². The van der Waals surface area contributed by atoms with E-state index in [0.717, 1.165) is 6.42 Å². The first-order valence-corrected chi connectivity index (χ1v) is 10.3. The predicted octanol–water partition coefficient (Wildman–Crippen LogP) is 3.98. The molecular weight excluding hydrogens is 432 g/mol. The number of amides is 2. The minimum absolute atomic E-state index is 0.0737. The Bertz CT molecular complexity index is 907. The summed E-state index contributed by atoms with van der Waals surface area (Å²) in [6, 6.07) is 7.40. The van der Waals surface area contributed by atoms with E-state index < -0.39 is 36.4 Å². The number of unbranched alkanes of at least 4 members (excludes halogenated alkanes) is 1. The average molecular weight is 460 g/mol. The van der Waals surface area contributed by atoms with Crippen LogP contribution in [0.5, 0.6) is 0 Å². The summed E-state index contributed by atoms with van der Waals surface area (Å²) >= 11 is 0.